The van der Waals surface area contributed by atoms with Gasteiger partial charge in [0.1, 0.15) is 17.1 Å². The SMILES string of the molecule is CCC(C)(P)C(=O)c1c(OC)ccc(Br)c1OC. The van der Waals surface area contributed by atoms with Gasteiger partial charge in [0.15, 0.2) is 5.78 Å². The number of Topliss-reactive ketones (excluding diaryl/α,β-unsaturated/α-hetero) is 1. The molecule has 0 saturated heterocycles. The Kier molecular flexibility index (Phi) is 5.18. The zero-order valence-corrected chi connectivity index (χ0v) is 13.8. The molecule has 3 nitrogen and oxygen atoms in total. The first-order valence-corrected chi connectivity index (χ1v) is 7.00. The fraction of sp³-hybridized carbons (Fsp3) is 0.462. The number of ether oxygens (including phenoxy) is 2. The maximum absolute atomic E-state index is 12.6. The molecule has 18 heavy (non-hydrogen) atoms. The number of rotatable bonds is 5. The van der Waals surface area contributed by atoms with Crippen LogP contribution in [0.1, 0.15) is 30.6 Å². The number of carbonyl (C=O) groups is 1. The first-order valence-electron chi connectivity index (χ1n) is 5.63. The van der Waals surface area contributed by atoms with Gasteiger partial charge >= 0.3 is 0 Å². The molecule has 1 aromatic rings. The van der Waals surface area contributed by atoms with Gasteiger partial charge in [0, 0.05) is 5.16 Å². The molecule has 0 N–H and O–H groups in total. The van der Waals surface area contributed by atoms with Crippen molar-refractivity contribution in [2.75, 3.05) is 14.2 Å². The van der Waals surface area contributed by atoms with E-state index in [4.69, 9.17) is 9.47 Å². The molecule has 1 aromatic carbocycles. The number of hydrogen-bond acceptors (Lipinski definition) is 3. The summed E-state index contributed by atoms with van der Waals surface area (Å²) in [4.78, 5) is 12.6. The predicted octanol–water partition coefficient (Wildman–Crippen LogP) is 3.69. The van der Waals surface area contributed by atoms with E-state index < -0.39 is 5.16 Å². The number of benzene rings is 1. The minimum atomic E-state index is -0.526. The second-order valence-corrected chi connectivity index (χ2v) is 6.39. The van der Waals surface area contributed by atoms with E-state index in [1.165, 1.54) is 0 Å². The Bertz CT molecular complexity index is 458. The van der Waals surface area contributed by atoms with Crippen molar-refractivity contribution >= 4 is 31.0 Å². The van der Waals surface area contributed by atoms with Gasteiger partial charge in [-0.3, -0.25) is 4.79 Å². The van der Waals surface area contributed by atoms with Crippen molar-refractivity contribution in [3.63, 3.8) is 0 Å². The molecule has 0 fully saturated rings. The van der Waals surface area contributed by atoms with Gasteiger partial charge in [-0.25, -0.2) is 0 Å². The molecule has 0 aliphatic carbocycles. The van der Waals surface area contributed by atoms with E-state index in [2.05, 4.69) is 25.2 Å². The smallest absolute Gasteiger partial charge is 0.179 e. The lowest BCUT2D eigenvalue weighted by Crippen LogP contribution is -2.28. The summed E-state index contributed by atoms with van der Waals surface area (Å²) in [7, 11) is 5.70. The Balaban J connectivity index is 3.46. The van der Waals surface area contributed by atoms with Crippen LogP contribution < -0.4 is 9.47 Å². The van der Waals surface area contributed by atoms with E-state index in [0.29, 0.717) is 17.1 Å². The van der Waals surface area contributed by atoms with Crippen molar-refractivity contribution in [3.05, 3.63) is 22.2 Å². The molecule has 0 radical (unpaired) electrons. The van der Waals surface area contributed by atoms with Crippen molar-refractivity contribution in [1.29, 1.82) is 0 Å². The highest BCUT2D eigenvalue weighted by atomic mass is 79.9. The van der Waals surface area contributed by atoms with Gasteiger partial charge < -0.3 is 9.47 Å². The summed E-state index contributed by atoms with van der Waals surface area (Å²) in [6, 6.07) is 3.57. The summed E-state index contributed by atoms with van der Waals surface area (Å²) < 4.78 is 11.3. The van der Waals surface area contributed by atoms with E-state index in [1.54, 1.807) is 26.4 Å². The molecular weight excluding hydrogens is 315 g/mol. The standard InChI is InChI=1S/C13H18BrO3P/c1-5-13(2,18)12(15)10-9(16-3)7-6-8(14)11(10)17-4/h6-7H,5,18H2,1-4H3. The zero-order valence-electron chi connectivity index (χ0n) is 11.0. The van der Waals surface area contributed by atoms with Crippen molar-refractivity contribution in [2.45, 2.75) is 25.4 Å². The molecule has 100 valence electrons. The van der Waals surface area contributed by atoms with E-state index in [9.17, 15) is 4.79 Å². The lowest BCUT2D eigenvalue weighted by atomic mass is 9.94. The van der Waals surface area contributed by atoms with Crippen LogP contribution in [0.25, 0.3) is 0 Å². The van der Waals surface area contributed by atoms with E-state index in [0.717, 1.165) is 10.9 Å². The predicted molar refractivity (Wildman–Crippen MR) is 80.0 cm³/mol. The van der Waals surface area contributed by atoms with Gasteiger partial charge in [0.25, 0.3) is 0 Å². The summed E-state index contributed by atoms with van der Waals surface area (Å²) >= 11 is 3.39. The van der Waals surface area contributed by atoms with Gasteiger partial charge in [-0.15, -0.1) is 9.24 Å². The van der Waals surface area contributed by atoms with Crippen LogP contribution >= 0.6 is 25.2 Å². The summed E-state index contributed by atoms with van der Waals surface area (Å²) in [5.74, 6) is 1.04. The number of hydrogen-bond donors (Lipinski definition) is 0. The minimum Gasteiger partial charge on any atom is -0.496 e. The molecule has 0 bridgehead atoms. The van der Waals surface area contributed by atoms with Crippen LogP contribution in [-0.2, 0) is 0 Å². The lowest BCUT2D eigenvalue weighted by Gasteiger charge is -2.23. The first kappa shape index (κ1) is 15.5. The fourth-order valence-corrected chi connectivity index (χ4v) is 2.21. The van der Waals surface area contributed by atoms with Crippen LogP contribution in [0, 0.1) is 0 Å². The maximum Gasteiger partial charge on any atom is 0.179 e. The zero-order chi connectivity index (χ0) is 13.9. The van der Waals surface area contributed by atoms with Crippen LogP contribution in [0.3, 0.4) is 0 Å². The summed E-state index contributed by atoms with van der Waals surface area (Å²) in [5.41, 5.74) is 0.480. The molecule has 0 heterocycles. The van der Waals surface area contributed by atoms with Gasteiger partial charge in [-0.05, 0) is 41.4 Å². The highest BCUT2D eigenvalue weighted by Crippen LogP contribution is 2.40. The Morgan fingerprint density at radius 3 is 2.44 bits per heavy atom. The second-order valence-electron chi connectivity index (χ2n) is 4.26. The van der Waals surface area contributed by atoms with Crippen LogP contribution in [0.4, 0.5) is 0 Å². The van der Waals surface area contributed by atoms with Gasteiger partial charge in [-0.1, -0.05) is 6.92 Å². The van der Waals surface area contributed by atoms with Gasteiger partial charge in [0.05, 0.1) is 18.7 Å². The molecule has 0 aromatic heterocycles. The first-order chi connectivity index (χ1) is 8.38. The Labute approximate surface area is 119 Å². The fourth-order valence-electron chi connectivity index (χ4n) is 1.57. The van der Waals surface area contributed by atoms with Crippen molar-refractivity contribution in [1.82, 2.24) is 0 Å². The number of ketones is 1. The van der Waals surface area contributed by atoms with Gasteiger partial charge in [-0.2, -0.15) is 0 Å². The molecule has 0 aliphatic heterocycles. The van der Waals surface area contributed by atoms with Crippen molar-refractivity contribution < 1.29 is 14.3 Å². The summed E-state index contributed by atoms with van der Waals surface area (Å²) in [6.45, 7) is 3.86. The third-order valence-corrected chi connectivity index (χ3v) is 4.27. The lowest BCUT2D eigenvalue weighted by molar-refractivity contribution is 0.0941. The van der Waals surface area contributed by atoms with Crippen LogP contribution in [0.5, 0.6) is 11.5 Å². The van der Waals surface area contributed by atoms with E-state index in [-0.39, 0.29) is 5.78 Å². The Morgan fingerprint density at radius 1 is 1.39 bits per heavy atom. The second kappa shape index (κ2) is 6.03. The third kappa shape index (κ3) is 2.86. The molecule has 0 aliphatic rings. The summed E-state index contributed by atoms with van der Waals surface area (Å²) in [6.07, 6.45) is 0.718. The molecular formula is C13H18BrO3P. The molecule has 5 heteroatoms. The average Bonchev–Trinajstić information content (AvgIpc) is 2.37. The maximum atomic E-state index is 12.6. The van der Waals surface area contributed by atoms with Crippen molar-refractivity contribution in [2.24, 2.45) is 0 Å². The number of halogens is 1. The minimum absolute atomic E-state index is 0.00926. The molecule has 2 atom stereocenters. The Morgan fingerprint density at radius 2 is 2.00 bits per heavy atom. The normalized spacial score (nSPS) is 13.9. The van der Waals surface area contributed by atoms with Crippen LogP contribution in [0.2, 0.25) is 0 Å². The number of carbonyl (C=O) groups excluding carboxylic acids is 1. The molecule has 1 rings (SSSR count). The average molecular weight is 333 g/mol. The number of methoxy groups -OCH3 is 2. The molecule has 0 amide bonds. The van der Waals surface area contributed by atoms with Gasteiger partial charge in [0.2, 0.25) is 0 Å². The topological polar surface area (TPSA) is 35.5 Å². The largest absolute Gasteiger partial charge is 0.496 e. The Hall–Kier alpha value is -0.600. The summed E-state index contributed by atoms with van der Waals surface area (Å²) in [5, 5.41) is -0.526. The monoisotopic (exact) mass is 332 g/mol. The van der Waals surface area contributed by atoms with Crippen LogP contribution in [-0.4, -0.2) is 25.2 Å². The molecule has 0 saturated carbocycles. The quantitative estimate of drug-likeness (QED) is 0.609. The molecule has 0 spiro atoms. The third-order valence-electron chi connectivity index (χ3n) is 2.98. The van der Waals surface area contributed by atoms with E-state index in [1.807, 2.05) is 13.8 Å². The van der Waals surface area contributed by atoms with Crippen LogP contribution in [0.15, 0.2) is 16.6 Å². The highest BCUT2D eigenvalue weighted by Gasteiger charge is 2.32. The van der Waals surface area contributed by atoms with E-state index >= 15 is 0 Å². The van der Waals surface area contributed by atoms with Crippen molar-refractivity contribution in [3.8, 4) is 11.5 Å². The molecule has 2 unspecified atom stereocenters. The highest BCUT2D eigenvalue weighted by molar-refractivity contribution is 9.10.